The number of thioether (sulfide) groups is 2. The third kappa shape index (κ3) is 16.7. The van der Waals surface area contributed by atoms with Gasteiger partial charge in [0.15, 0.2) is 0 Å². The molecule has 0 aromatic carbocycles. The van der Waals surface area contributed by atoms with Gasteiger partial charge in [-0.2, -0.15) is 0 Å². The third-order valence-electron chi connectivity index (χ3n) is 2.55. The largest absolute Gasteiger partial charge is 0.344 e. The van der Waals surface area contributed by atoms with Crippen molar-refractivity contribution in [3.63, 3.8) is 0 Å². The maximum atomic E-state index is 5.51. The van der Waals surface area contributed by atoms with Crippen molar-refractivity contribution >= 4 is 45.1 Å². The first-order valence-corrected chi connectivity index (χ1v) is 13.3. The van der Waals surface area contributed by atoms with Crippen LogP contribution < -0.4 is 0 Å². The average molecular weight is 419 g/mol. The van der Waals surface area contributed by atoms with Gasteiger partial charge in [-0.05, 0) is 52.0 Å². The number of hydrogen-bond donors (Lipinski definition) is 0. The smallest absolute Gasteiger partial charge is 0.206 e. The molecule has 0 aliphatic rings. The molecule has 0 spiro atoms. The van der Waals surface area contributed by atoms with Crippen LogP contribution in [0.25, 0.3) is 0 Å². The Hall–Kier alpha value is 1.24. The van der Waals surface area contributed by atoms with E-state index in [9.17, 15) is 0 Å². The molecular formula is C16H34O4S4. The molecule has 0 fully saturated rings. The predicted octanol–water partition coefficient (Wildman–Crippen LogP) is 5.33. The Morgan fingerprint density at radius 2 is 0.875 bits per heavy atom. The molecule has 0 unspecified atom stereocenters. The van der Waals surface area contributed by atoms with Crippen LogP contribution >= 0.6 is 45.1 Å². The molecule has 0 atom stereocenters. The average Bonchev–Trinajstić information content (AvgIpc) is 2.57. The third-order valence-corrected chi connectivity index (χ3v) is 7.26. The van der Waals surface area contributed by atoms with Crippen molar-refractivity contribution in [2.75, 3.05) is 49.4 Å². The molecule has 4 nitrogen and oxygen atoms in total. The van der Waals surface area contributed by atoms with Gasteiger partial charge in [0, 0.05) is 37.9 Å². The van der Waals surface area contributed by atoms with Crippen molar-refractivity contribution in [1.82, 2.24) is 0 Å². The topological polar surface area (TPSA) is 36.9 Å². The van der Waals surface area contributed by atoms with E-state index in [0.717, 1.165) is 11.5 Å². The zero-order chi connectivity index (χ0) is 17.9. The van der Waals surface area contributed by atoms with Crippen molar-refractivity contribution in [1.29, 1.82) is 0 Å². The lowest BCUT2D eigenvalue weighted by Gasteiger charge is -2.16. The minimum atomic E-state index is -0.0988. The molecule has 0 saturated carbocycles. The van der Waals surface area contributed by atoms with Crippen LogP contribution in [0.1, 0.15) is 40.5 Å². The first kappa shape index (κ1) is 25.2. The molecule has 8 heteroatoms. The fraction of sp³-hybridized carbons (Fsp3) is 1.00. The molecule has 0 aliphatic carbocycles. The first-order valence-electron chi connectivity index (χ1n) is 8.72. The van der Waals surface area contributed by atoms with Crippen molar-refractivity contribution in [3.8, 4) is 0 Å². The van der Waals surface area contributed by atoms with Gasteiger partial charge < -0.3 is 18.9 Å². The molecule has 0 rings (SSSR count). The SMILES string of the molecule is CCOC(OCC)SCCCSSCCCSC(OCC)OCC. The van der Waals surface area contributed by atoms with Gasteiger partial charge in [-0.25, -0.2) is 0 Å². The van der Waals surface area contributed by atoms with E-state index < -0.39 is 0 Å². The summed E-state index contributed by atoms with van der Waals surface area (Å²) < 4.78 is 22.1. The lowest BCUT2D eigenvalue weighted by atomic mass is 10.6. The summed E-state index contributed by atoms with van der Waals surface area (Å²) in [5.41, 5.74) is -0.198. The van der Waals surface area contributed by atoms with Gasteiger partial charge in [-0.3, -0.25) is 0 Å². The minimum Gasteiger partial charge on any atom is -0.344 e. The molecule has 0 aliphatic heterocycles. The molecule has 0 amide bonds. The van der Waals surface area contributed by atoms with E-state index in [1.807, 2.05) is 49.3 Å². The normalized spacial score (nSPS) is 11.8. The number of rotatable bonds is 19. The molecule has 0 radical (unpaired) electrons. The molecule has 0 heterocycles. The lowest BCUT2D eigenvalue weighted by Crippen LogP contribution is -2.13. The summed E-state index contributed by atoms with van der Waals surface area (Å²) in [7, 11) is 3.92. The van der Waals surface area contributed by atoms with Crippen LogP contribution in [0.4, 0.5) is 0 Å². The van der Waals surface area contributed by atoms with Crippen molar-refractivity contribution in [3.05, 3.63) is 0 Å². The van der Waals surface area contributed by atoms with Gasteiger partial charge in [-0.1, -0.05) is 21.6 Å². The van der Waals surface area contributed by atoms with Crippen LogP contribution in [0.5, 0.6) is 0 Å². The van der Waals surface area contributed by atoms with Gasteiger partial charge in [0.2, 0.25) is 11.2 Å². The van der Waals surface area contributed by atoms with Gasteiger partial charge in [0.1, 0.15) is 0 Å². The Bertz CT molecular complexity index is 214. The van der Waals surface area contributed by atoms with E-state index in [1.165, 1.54) is 24.3 Å². The molecule has 0 bridgehead atoms. The van der Waals surface area contributed by atoms with Gasteiger partial charge >= 0.3 is 0 Å². The Labute approximate surface area is 165 Å². The van der Waals surface area contributed by atoms with Crippen molar-refractivity contribution < 1.29 is 18.9 Å². The van der Waals surface area contributed by atoms with Gasteiger partial charge in [0.25, 0.3) is 0 Å². The molecule has 0 aromatic heterocycles. The van der Waals surface area contributed by atoms with E-state index in [0.29, 0.717) is 26.4 Å². The van der Waals surface area contributed by atoms with Crippen molar-refractivity contribution in [2.24, 2.45) is 0 Å². The van der Waals surface area contributed by atoms with Crippen LogP contribution in [-0.4, -0.2) is 60.7 Å². The van der Waals surface area contributed by atoms with Gasteiger partial charge in [-0.15, -0.1) is 23.5 Å². The quantitative estimate of drug-likeness (QED) is 0.158. The van der Waals surface area contributed by atoms with Gasteiger partial charge in [0.05, 0.1) is 0 Å². The Morgan fingerprint density at radius 3 is 1.17 bits per heavy atom. The second-order valence-corrected chi connectivity index (χ2v) is 9.45. The van der Waals surface area contributed by atoms with E-state index >= 15 is 0 Å². The Balaban J connectivity index is 3.38. The summed E-state index contributed by atoms with van der Waals surface area (Å²) in [5.74, 6) is 4.52. The van der Waals surface area contributed by atoms with E-state index in [-0.39, 0.29) is 11.2 Å². The summed E-state index contributed by atoms with van der Waals surface area (Å²) >= 11 is 3.51. The molecule has 0 saturated heterocycles. The Morgan fingerprint density at radius 1 is 0.542 bits per heavy atom. The van der Waals surface area contributed by atoms with Crippen LogP contribution in [0.3, 0.4) is 0 Å². The summed E-state index contributed by atoms with van der Waals surface area (Å²) in [6, 6.07) is 0. The predicted molar refractivity (Wildman–Crippen MR) is 113 cm³/mol. The highest BCUT2D eigenvalue weighted by Crippen LogP contribution is 2.25. The highest BCUT2D eigenvalue weighted by atomic mass is 33.1. The number of hydrogen-bond acceptors (Lipinski definition) is 8. The lowest BCUT2D eigenvalue weighted by molar-refractivity contribution is -0.0739. The second-order valence-electron chi connectivity index (χ2n) is 4.49. The highest BCUT2D eigenvalue weighted by molar-refractivity contribution is 8.76. The highest BCUT2D eigenvalue weighted by Gasteiger charge is 2.08. The maximum absolute atomic E-state index is 5.51. The number of ether oxygens (including phenoxy) is 4. The van der Waals surface area contributed by atoms with Crippen LogP contribution in [0.2, 0.25) is 0 Å². The van der Waals surface area contributed by atoms with Crippen LogP contribution in [0.15, 0.2) is 0 Å². The van der Waals surface area contributed by atoms with Crippen LogP contribution in [-0.2, 0) is 18.9 Å². The monoisotopic (exact) mass is 418 g/mol. The summed E-state index contributed by atoms with van der Waals surface area (Å²) in [6.45, 7) is 10.8. The summed E-state index contributed by atoms with van der Waals surface area (Å²) in [4.78, 5) is 0. The summed E-state index contributed by atoms with van der Waals surface area (Å²) in [6.07, 6.45) is 2.37. The van der Waals surface area contributed by atoms with E-state index in [1.54, 1.807) is 23.5 Å². The van der Waals surface area contributed by atoms with Crippen LogP contribution in [0, 0.1) is 0 Å². The minimum absolute atomic E-state index is 0.0988. The van der Waals surface area contributed by atoms with E-state index in [2.05, 4.69) is 0 Å². The van der Waals surface area contributed by atoms with E-state index in [4.69, 9.17) is 18.9 Å². The second kappa shape index (κ2) is 20.6. The molecular weight excluding hydrogens is 384 g/mol. The zero-order valence-corrected chi connectivity index (χ0v) is 18.8. The standard InChI is InChI=1S/C16H34O4S4/c1-5-17-15(18-6-2)21-11-9-13-23-24-14-10-12-22-16(19-7-3)20-8-4/h15-16H,5-14H2,1-4H3. The fourth-order valence-corrected chi connectivity index (χ4v) is 6.02. The molecule has 146 valence electrons. The Kier molecular flexibility index (Phi) is 21.6. The first-order chi connectivity index (χ1) is 11.8. The fourth-order valence-electron chi connectivity index (χ4n) is 1.55. The zero-order valence-electron chi connectivity index (χ0n) is 15.5. The maximum Gasteiger partial charge on any atom is 0.206 e. The van der Waals surface area contributed by atoms with Crippen molar-refractivity contribution in [2.45, 2.75) is 51.8 Å². The molecule has 0 aromatic rings. The molecule has 24 heavy (non-hydrogen) atoms. The summed E-state index contributed by atoms with van der Waals surface area (Å²) in [5, 5.41) is 0. The molecule has 0 N–H and O–H groups in total.